The lowest BCUT2D eigenvalue weighted by atomic mass is 10.0. The Morgan fingerprint density at radius 3 is 2.15 bits per heavy atom. The van der Waals surface area contributed by atoms with E-state index >= 15 is 0 Å². The third kappa shape index (κ3) is 6.77. The fourth-order valence-electron chi connectivity index (χ4n) is 4.24. The van der Waals surface area contributed by atoms with E-state index in [1.807, 2.05) is 30.3 Å². The molecule has 0 fully saturated rings. The molecule has 8 heteroatoms. The maximum Gasteiger partial charge on any atom is 0.252 e. The van der Waals surface area contributed by atoms with Gasteiger partial charge in [0.05, 0.1) is 11.6 Å². The highest BCUT2D eigenvalue weighted by molar-refractivity contribution is 6.08. The smallest absolute Gasteiger partial charge is 0.252 e. The van der Waals surface area contributed by atoms with Gasteiger partial charge < -0.3 is 16.0 Å². The number of carbonyl (C=O) groups excluding carboxylic acids is 4. The first-order valence-corrected chi connectivity index (χ1v) is 12.7. The van der Waals surface area contributed by atoms with Gasteiger partial charge in [-0.25, -0.2) is 0 Å². The number of fused-ring (bicyclic) bond motifs is 1. The van der Waals surface area contributed by atoms with Gasteiger partial charge in [-0.2, -0.15) is 5.26 Å². The Balaban J connectivity index is 1.51. The van der Waals surface area contributed by atoms with Crippen LogP contribution < -0.4 is 16.0 Å². The molecule has 0 saturated heterocycles. The van der Waals surface area contributed by atoms with E-state index < -0.39 is 29.8 Å². The molecule has 0 spiro atoms. The molecule has 3 amide bonds. The molecule has 2 atom stereocenters. The summed E-state index contributed by atoms with van der Waals surface area (Å²) < 4.78 is 0. The van der Waals surface area contributed by atoms with Gasteiger partial charge in [0.1, 0.15) is 12.1 Å². The number of nitriles is 1. The molecule has 8 nitrogen and oxygen atoms in total. The predicted molar refractivity (Wildman–Crippen MR) is 153 cm³/mol. The van der Waals surface area contributed by atoms with Crippen LogP contribution >= 0.6 is 0 Å². The minimum Gasteiger partial charge on any atom is -0.343 e. The van der Waals surface area contributed by atoms with Crippen molar-refractivity contribution in [3.63, 3.8) is 0 Å². The summed E-state index contributed by atoms with van der Waals surface area (Å²) in [4.78, 5) is 51.0. The predicted octanol–water partition coefficient (Wildman–Crippen LogP) is 4.40. The van der Waals surface area contributed by atoms with Crippen molar-refractivity contribution in [2.24, 2.45) is 0 Å². The molecule has 4 aromatic rings. The molecule has 0 unspecified atom stereocenters. The van der Waals surface area contributed by atoms with Crippen LogP contribution in [0.25, 0.3) is 10.8 Å². The zero-order chi connectivity index (χ0) is 28.6. The first kappa shape index (κ1) is 27.7. The van der Waals surface area contributed by atoms with Crippen LogP contribution in [0.2, 0.25) is 0 Å². The van der Waals surface area contributed by atoms with Gasteiger partial charge in [-0.3, -0.25) is 19.2 Å². The SMILES string of the molecule is CC(=O)c1ccc(NC(=O)[C@H](C)NC(=O)[C@H](Cc2ccc(C#N)cc2)NC(=O)c2cccc3ccccc23)cc1. The molecular formula is C32H28N4O4. The Kier molecular flexibility index (Phi) is 8.67. The van der Waals surface area contributed by atoms with Crippen molar-refractivity contribution in [1.82, 2.24) is 10.6 Å². The van der Waals surface area contributed by atoms with E-state index in [-0.39, 0.29) is 12.2 Å². The van der Waals surface area contributed by atoms with E-state index in [2.05, 4.69) is 22.0 Å². The number of rotatable bonds is 9. The molecule has 0 radical (unpaired) electrons. The molecule has 0 aliphatic heterocycles. The number of hydrogen-bond donors (Lipinski definition) is 3. The van der Waals surface area contributed by atoms with E-state index in [9.17, 15) is 19.2 Å². The Hall–Kier alpha value is -5.29. The third-order valence-electron chi connectivity index (χ3n) is 6.49. The Labute approximate surface area is 232 Å². The molecule has 0 aliphatic carbocycles. The van der Waals surface area contributed by atoms with Crippen LogP contribution in [0.3, 0.4) is 0 Å². The lowest BCUT2D eigenvalue weighted by Crippen LogP contribution is -2.52. The summed E-state index contributed by atoms with van der Waals surface area (Å²) in [6, 6.07) is 26.2. The van der Waals surface area contributed by atoms with Crippen molar-refractivity contribution in [2.45, 2.75) is 32.4 Å². The first-order valence-electron chi connectivity index (χ1n) is 12.7. The van der Waals surface area contributed by atoms with Crippen LogP contribution in [0.1, 0.15) is 45.7 Å². The summed E-state index contributed by atoms with van der Waals surface area (Å²) in [5.41, 5.74) is 2.64. The van der Waals surface area contributed by atoms with Gasteiger partial charge in [0.15, 0.2) is 5.78 Å². The number of carbonyl (C=O) groups is 4. The summed E-state index contributed by atoms with van der Waals surface area (Å²) in [5.74, 6) is -1.50. The zero-order valence-corrected chi connectivity index (χ0v) is 22.1. The number of amides is 3. The first-order chi connectivity index (χ1) is 19.2. The number of ketones is 1. The average Bonchev–Trinajstić information content (AvgIpc) is 2.97. The Morgan fingerprint density at radius 2 is 1.48 bits per heavy atom. The molecule has 0 aromatic heterocycles. The molecular weight excluding hydrogens is 504 g/mol. The lowest BCUT2D eigenvalue weighted by molar-refractivity contribution is -0.127. The number of nitrogens with zero attached hydrogens (tertiary/aromatic N) is 1. The van der Waals surface area contributed by atoms with Crippen LogP contribution in [0.15, 0.2) is 91.0 Å². The maximum atomic E-state index is 13.4. The van der Waals surface area contributed by atoms with Crippen LogP contribution in [0.5, 0.6) is 0 Å². The average molecular weight is 533 g/mol. The second kappa shape index (κ2) is 12.5. The van der Waals surface area contributed by atoms with Gasteiger partial charge in [0, 0.05) is 23.2 Å². The highest BCUT2D eigenvalue weighted by Gasteiger charge is 2.26. The van der Waals surface area contributed by atoms with Crippen molar-refractivity contribution in [1.29, 1.82) is 5.26 Å². The topological polar surface area (TPSA) is 128 Å². The van der Waals surface area contributed by atoms with Crippen LogP contribution in [0, 0.1) is 11.3 Å². The van der Waals surface area contributed by atoms with Crippen LogP contribution in [0.4, 0.5) is 5.69 Å². The number of Topliss-reactive ketones (excluding diaryl/α,β-unsaturated/α-hetero) is 1. The van der Waals surface area contributed by atoms with E-state index in [0.29, 0.717) is 22.4 Å². The summed E-state index contributed by atoms with van der Waals surface area (Å²) in [7, 11) is 0. The zero-order valence-electron chi connectivity index (χ0n) is 22.1. The number of hydrogen-bond acceptors (Lipinski definition) is 5. The van der Waals surface area contributed by atoms with Gasteiger partial charge in [-0.15, -0.1) is 0 Å². The van der Waals surface area contributed by atoms with E-state index in [4.69, 9.17) is 5.26 Å². The van der Waals surface area contributed by atoms with Crippen molar-refractivity contribution in [3.8, 4) is 6.07 Å². The summed E-state index contributed by atoms with van der Waals surface area (Å²) in [6.45, 7) is 3.00. The van der Waals surface area contributed by atoms with Gasteiger partial charge in [-0.1, -0.05) is 48.5 Å². The molecule has 3 N–H and O–H groups in total. The van der Waals surface area contributed by atoms with Gasteiger partial charge in [-0.05, 0) is 72.6 Å². The summed E-state index contributed by atoms with van der Waals surface area (Å²) in [6.07, 6.45) is 0.148. The standard InChI is InChI=1S/C32H28N4O4/c1-20(30(38)35-26-16-14-24(15-17-26)21(2)37)34-32(40)29(18-22-10-12-23(19-33)13-11-22)36-31(39)28-9-5-7-25-6-3-4-8-27(25)28/h3-17,20,29H,18H2,1-2H3,(H,34,40)(H,35,38)(H,36,39)/t20-,29-/m0/s1. The molecule has 40 heavy (non-hydrogen) atoms. The highest BCUT2D eigenvalue weighted by Crippen LogP contribution is 2.19. The maximum absolute atomic E-state index is 13.4. The van der Waals surface area contributed by atoms with Crippen molar-refractivity contribution < 1.29 is 19.2 Å². The summed E-state index contributed by atoms with van der Waals surface area (Å²) in [5, 5.41) is 19.0. The summed E-state index contributed by atoms with van der Waals surface area (Å²) >= 11 is 0. The second-order valence-electron chi connectivity index (χ2n) is 9.42. The minimum absolute atomic E-state index is 0.0858. The quantitative estimate of drug-likeness (QED) is 0.275. The van der Waals surface area contributed by atoms with Gasteiger partial charge >= 0.3 is 0 Å². The second-order valence-corrected chi connectivity index (χ2v) is 9.42. The number of benzene rings is 4. The van der Waals surface area contributed by atoms with E-state index in [1.54, 1.807) is 67.6 Å². The fraction of sp³-hybridized carbons (Fsp3) is 0.156. The fourth-order valence-corrected chi connectivity index (χ4v) is 4.24. The van der Waals surface area contributed by atoms with Crippen molar-refractivity contribution in [2.75, 3.05) is 5.32 Å². The monoisotopic (exact) mass is 532 g/mol. The largest absolute Gasteiger partial charge is 0.343 e. The molecule has 0 aliphatic rings. The van der Waals surface area contributed by atoms with Gasteiger partial charge in [0.25, 0.3) is 5.91 Å². The van der Waals surface area contributed by atoms with Gasteiger partial charge in [0.2, 0.25) is 11.8 Å². The molecule has 4 rings (SSSR count). The minimum atomic E-state index is -0.996. The Bertz CT molecular complexity index is 1600. The molecule has 200 valence electrons. The molecule has 0 saturated carbocycles. The molecule has 0 bridgehead atoms. The number of nitrogens with one attached hydrogen (secondary N) is 3. The Morgan fingerprint density at radius 1 is 0.800 bits per heavy atom. The normalized spacial score (nSPS) is 12.0. The van der Waals surface area contributed by atoms with Crippen LogP contribution in [-0.4, -0.2) is 35.6 Å². The van der Waals surface area contributed by atoms with E-state index in [0.717, 1.165) is 16.3 Å². The molecule has 0 heterocycles. The van der Waals surface area contributed by atoms with Crippen LogP contribution in [-0.2, 0) is 16.0 Å². The third-order valence-corrected chi connectivity index (χ3v) is 6.49. The molecule has 4 aromatic carbocycles. The van der Waals surface area contributed by atoms with Crippen molar-refractivity contribution in [3.05, 3.63) is 113 Å². The van der Waals surface area contributed by atoms with Crippen molar-refractivity contribution >= 4 is 40.0 Å². The lowest BCUT2D eigenvalue weighted by Gasteiger charge is -2.22. The number of anilines is 1. The highest BCUT2D eigenvalue weighted by atomic mass is 16.2. The van der Waals surface area contributed by atoms with E-state index in [1.165, 1.54) is 6.92 Å².